The van der Waals surface area contributed by atoms with Crippen molar-refractivity contribution in [2.45, 2.75) is 40.3 Å². The first-order valence-electron chi connectivity index (χ1n) is 12.2. The minimum Gasteiger partial charge on any atom is -0.460 e. The number of aliphatic hydroxyl groups is 1. The molecule has 1 aliphatic heterocycles. The Labute approximate surface area is 220 Å². The van der Waals surface area contributed by atoms with Crippen LogP contribution in [0.3, 0.4) is 0 Å². The lowest BCUT2D eigenvalue weighted by Gasteiger charge is -2.15. The molecule has 1 aliphatic rings. The minimum atomic E-state index is -0.774. The molecule has 0 fully saturated rings. The topological polar surface area (TPSA) is 110 Å². The first kappa shape index (κ1) is 25.1. The Morgan fingerprint density at radius 3 is 2.74 bits per heavy atom. The second-order valence-corrected chi connectivity index (χ2v) is 9.37. The molecule has 1 atom stereocenters. The number of nitrogens with zero attached hydrogens (tertiary/aromatic N) is 7. The Bertz CT molecular complexity index is 1640. The fraction of sp³-hybridized carbons (Fsp3) is 0.250. The molecule has 5 rings (SSSR count). The quantitative estimate of drug-likeness (QED) is 0.224. The summed E-state index contributed by atoms with van der Waals surface area (Å²) in [4.78, 5) is 22.9. The fourth-order valence-corrected chi connectivity index (χ4v) is 4.43. The van der Waals surface area contributed by atoms with Gasteiger partial charge in [0.2, 0.25) is 0 Å². The fourth-order valence-electron chi connectivity index (χ4n) is 4.43. The summed E-state index contributed by atoms with van der Waals surface area (Å²) in [5, 5.41) is 19.6. The molecule has 10 nitrogen and oxygen atoms in total. The number of aromatic nitrogens is 5. The molecular formula is C28H29N7O3. The van der Waals surface area contributed by atoms with Crippen molar-refractivity contribution in [1.29, 1.82) is 0 Å². The van der Waals surface area contributed by atoms with Crippen molar-refractivity contribution >= 4 is 18.1 Å². The molecule has 10 heteroatoms. The van der Waals surface area contributed by atoms with Crippen LogP contribution in [0.2, 0.25) is 0 Å². The van der Waals surface area contributed by atoms with E-state index in [1.807, 2.05) is 57.2 Å². The van der Waals surface area contributed by atoms with Crippen LogP contribution in [0.4, 0.5) is 0 Å². The van der Waals surface area contributed by atoms with E-state index in [0.29, 0.717) is 40.8 Å². The standard InChI is InChI=1S/C28H29N7O3/c1-16(29-5)7-8-17(2)38-20-9-12-25-22(13-30-34(25)14-20)24-11-10-21(19(4)36)27(31-24)35-18(3)23-15-33(6)28(37)26(23)32-35/h7-14,19,36H,5,15H2,1-4,6H3/b16-7-,17-8+. The Morgan fingerprint density at radius 1 is 1.24 bits per heavy atom. The minimum absolute atomic E-state index is 0.120. The number of fused-ring (bicyclic) bond motifs is 2. The summed E-state index contributed by atoms with van der Waals surface area (Å²) >= 11 is 0. The van der Waals surface area contributed by atoms with Gasteiger partial charge in [-0.1, -0.05) is 6.07 Å². The molecular weight excluding hydrogens is 482 g/mol. The second kappa shape index (κ2) is 9.71. The van der Waals surface area contributed by atoms with Crippen molar-refractivity contribution in [3.8, 4) is 22.8 Å². The maximum atomic E-state index is 12.5. The highest BCUT2D eigenvalue weighted by molar-refractivity contribution is 5.96. The lowest BCUT2D eigenvalue weighted by atomic mass is 10.1. The smallest absolute Gasteiger partial charge is 0.274 e. The molecule has 1 N–H and O–H groups in total. The first-order chi connectivity index (χ1) is 18.2. The van der Waals surface area contributed by atoms with Crippen LogP contribution in [-0.4, -0.2) is 54.1 Å². The monoisotopic (exact) mass is 511 g/mol. The highest BCUT2D eigenvalue weighted by atomic mass is 16.5. The van der Waals surface area contributed by atoms with E-state index in [1.165, 1.54) is 0 Å². The summed E-state index contributed by atoms with van der Waals surface area (Å²) in [6.45, 7) is 11.3. The van der Waals surface area contributed by atoms with Gasteiger partial charge in [-0.15, -0.1) is 0 Å². The Balaban J connectivity index is 1.52. The second-order valence-electron chi connectivity index (χ2n) is 9.37. The van der Waals surface area contributed by atoms with E-state index < -0.39 is 6.10 Å². The SMILES string of the molecule is C=N/C(C)=C\C=C(/C)Oc1ccc2c(-c3ccc(C(C)O)c(-n4nc5c(c4C)CN(C)C5=O)n3)cnn2c1. The molecule has 0 bridgehead atoms. The van der Waals surface area contributed by atoms with Gasteiger partial charge in [0.1, 0.15) is 11.5 Å². The normalized spacial score (nSPS) is 14.8. The summed E-state index contributed by atoms with van der Waals surface area (Å²) in [7, 11) is 1.76. The molecule has 0 radical (unpaired) electrons. The van der Waals surface area contributed by atoms with E-state index >= 15 is 0 Å². The van der Waals surface area contributed by atoms with Crippen LogP contribution in [0.25, 0.3) is 22.6 Å². The summed E-state index contributed by atoms with van der Waals surface area (Å²) in [5.41, 5.74) is 5.85. The van der Waals surface area contributed by atoms with Crippen molar-refractivity contribution in [1.82, 2.24) is 29.3 Å². The van der Waals surface area contributed by atoms with Crippen LogP contribution in [0.15, 0.2) is 65.3 Å². The number of ether oxygens (including phenoxy) is 1. The van der Waals surface area contributed by atoms with Gasteiger partial charge in [0.05, 0.1) is 29.7 Å². The number of hydrogen-bond acceptors (Lipinski definition) is 7. The van der Waals surface area contributed by atoms with Crippen LogP contribution < -0.4 is 4.74 Å². The molecule has 194 valence electrons. The van der Waals surface area contributed by atoms with E-state index in [2.05, 4.69) is 21.9 Å². The van der Waals surface area contributed by atoms with Crippen molar-refractivity contribution in [3.05, 3.63) is 82.8 Å². The predicted molar refractivity (Wildman–Crippen MR) is 144 cm³/mol. The molecule has 4 aromatic rings. The molecule has 4 aromatic heterocycles. The van der Waals surface area contributed by atoms with Crippen LogP contribution in [-0.2, 0) is 6.54 Å². The van der Waals surface area contributed by atoms with E-state index in [-0.39, 0.29) is 5.91 Å². The van der Waals surface area contributed by atoms with Crippen molar-refractivity contribution < 1.29 is 14.6 Å². The van der Waals surface area contributed by atoms with E-state index in [1.54, 1.807) is 40.5 Å². The third-order valence-corrected chi connectivity index (χ3v) is 6.59. The van der Waals surface area contributed by atoms with Crippen LogP contribution >= 0.6 is 0 Å². The largest absolute Gasteiger partial charge is 0.460 e. The number of aliphatic imine (C=N–C) groups is 1. The molecule has 0 aliphatic carbocycles. The van der Waals surface area contributed by atoms with Crippen LogP contribution in [0.5, 0.6) is 5.75 Å². The zero-order chi connectivity index (χ0) is 27.1. The number of allylic oxidation sites excluding steroid dienone is 4. The van der Waals surface area contributed by atoms with Crippen LogP contribution in [0.1, 0.15) is 54.2 Å². The zero-order valence-corrected chi connectivity index (χ0v) is 22.0. The Morgan fingerprint density at radius 2 is 2.03 bits per heavy atom. The average molecular weight is 512 g/mol. The lowest BCUT2D eigenvalue weighted by Crippen LogP contribution is -2.20. The number of rotatable bonds is 7. The van der Waals surface area contributed by atoms with Gasteiger partial charge in [-0.2, -0.15) is 10.2 Å². The Hall–Kier alpha value is -4.57. The van der Waals surface area contributed by atoms with E-state index in [9.17, 15) is 9.90 Å². The molecule has 0 saturated carbocycles. The van der Waals surface area contributed by atoms with Gasteiger partial charge in [0.15, 0.2) is 11.5 Å². The van der Waals surface area contributed by atoms with E-state index in [4.69, 9.17) is 9.72 Å². The molecule has 0 saturated heterocycles. The summed E-state index contributed by atoms with van der Waals surface area (Å²) in [6.07, 6.45) is 6.43. The van der Waals surface area contributed by atoms with Gasteiger partial charge in [-0.05, 0) is 64.8 Å². The maximum absolute atomic E-state index is 12.5. The summed E-state index contributed by atoms with van der Waals surface area (Å²) < 4.78 is 9.31. The number of carbonyl (C=O) groups is 1. The average Bonchev–Trinajstić information content (AvgIpc) is 3.55. The number of amides is 1. The summed E-state index contributed by atoms with van der Waals surface area (Å²) in [6, 6.07) is 7.48. The third kappa shape index (κ3) is 4.39. The Kier molecular flexibility index (Phi) is 6.41. The molecule has 0 spiro atoms. The van der Waals surface area contributed by atoms with Gasteiger partial charge in [0.25, 0.3) is 5.91 Å². The van der Waals surface area contributed by atoms with E-state index in [0.717, 1.165) is 28.0 Å². The van der Waals surface area contributed by atoms with Crippen molar-refractivity contribution in [2.24, 2.45) is 4.99 Å². The number of aliphatic hydroxyl groups excluding tert-OH is 1. The number of pyridine rings is 2. The molecule has 5 heterocycles. The lowest BCUT2D eigenvalue weighted by molar-refractivity contribution is 0.0810. The van der Waals surface area contributed by atoms with Gasteiger partial charge in [-0.25, -0.2) is 14.2 Å². The molecule has 1 unspecified atom stereocenters. The van der Waals surface area contributed by atoms with Gasteiger partial charge in [-0.3, -0.25) is 9.79 Å². The van der Waals surface area contributed by atoms with Gasteiger partial charge < -0.3 is 14.7 Å². The number of hydrogen-bond donors (Lipinski definition) is 1. The molecule has 0 aromatic carbocycles. The molecule has 1 amide bonds. The van der Waals surface area contributed by atoms with Crippen LogP contribution in [0, 0.1) is 6.92 Å². The van der Waals surface area contributed by atoms with Gasteiger partial charge >= 0.3 is 0 Å². The first-order valence-corrected chi connectivity index (χ1v) is 12.2. The highest BCUT2D eigenvalue weighted by Crippen LogP contribution is 2.31. The molecule has 38 heavy (non-hydrogen) atoms. The third-order valence-electron chi connectivity index (χ3n) is 6.59. The zero-order valence-electron chi connectivity index (χ0n) is 22.0. The maximum Gasteiger partial charge on any atom is 0.274 e. The summed E-state index contributed by atoms with van der Waals surface area (Å²) in [5.74, 6) is 1.70. The van der Waals surface area contributed by atoms with Gasteiger partial charge in [0, 0.05) is 41.7 Å². The number of carbonyl (C=O) groups excluding carboxylic acids is 1. The van der Waals surface area contributed by atoms with Crippen molar-refractivity contribution in [2.75, 3.05) is 7.05 Å². The predicted octanol–water partition coefficient (Wildman–Crippen LogP) is 4.42. The van der Waals surface area contributed by atoms with Crippen molar-refractivity contribution in [3.63, 3.8) is 0 Å². The highest BCUT2D eigenvalue weighted by Gasteiger charge is 2.32.